The number of amides is 1. The smallest absolute Gasteiger partial charge is 0.304 e. The van der Waals surface area contributed by atoms with Crippen molar-refractivity contribution >= 4 is 23.6 Å². The van der Waals surface area contributed by atoms with Crippen molar-refractivity contribution < 1.29 is 19.4 Å². The minimum absolute atomic E-state index is 0.0821. The van der Waals surface area contributed by atoms with Gasteiger partial charge in [-0.3, -0.25) is 9.59 Å². The Morgan fingerprint density at radius 2 is 2.06 bits per heavy atom. The summed E-state index contributed by atoms with van der Waals surface area (Å²) in [4.78, 5) is 24.0. The number of carbonyl (C=O) groups excluding carboxylic acids is 1. The summed E-state index contributed by atoms with van der Waals surface area (Å²) in [5.41, 5.74) is 0. The molecule has 92 valence electrons. The van der Waals surface area contributed by atoms with Crippen molar-refractivity contribution in [1.82, 2.24) is 4.90 Å². The highest BCUT2D eigenvalue weighted by molar-refractivity contribution is 8.00. The third-order valence-corrected chi connectivity index (χ3v) is 3.50. The van der Waals surface area contributed by atoms with Crippen molar-refractivity contribution in [2.75, 3.05) is 32.1 Å². The van der Waals surface area contributed by atoms with Crippen molar-refractivity contribution in [3.05, 3.63) is 0 Å². The van der Waals surface area contributed by atoms with Crippen LogP contribution in [0.2, 0.25) is 0 Å². The first-order valence-corrected chi connectivity index (χ1v) is 6.36. The Kier molecular flexibility index (Phi) is 5.62. The van der Waals surface area contributed by atoms with Crippen molar-refractivity contribution in [2.24, 2.45) is 0 Å². The van der Waals surface area contributed by atoms with Crippen LogP contribution in [0.5, 0.6) is 0 Å². The van der Waals surface area contributed by atoms with E-state index in [1.165, 1.54) is 11.8 Å². The molecule has 1 rings (SSSR count). The highest BCUT2D eigenvalue weighted by Gasteiger charge is 2.22. The van der Waals surface area contributed by atoms with Gasteiger partial charge in [-0.2, -0.15) is 0 Å². The fraction of sp³-hybridized carbons (Fsp3) is 0.800. The van der Waals surface area contributed by atoms with Crippen LogP contribution in [-0.2, 0) is 14.3 Å². The summed E-state index contributed by atoms with van der Waals surface area (Å²) in [6.45, 7) is 4.30. The van der Waals surface area contributed by atoms with E-state index in [1.807, 2.05) is 6.92 Å². The number of morpholine rings is 1. The molecule has 0 spiro atoms. The molecule has 1 aliphatic heterocycles. The molecule has 1 fully saturated rings. The van der Waals surface area contributed by atoms with Gasteiger partial charge in [-0.25, -0.2) is 0 Å². The quantitative estimate of drug-likeness (QED) is 0.763. The molecular weight excluding hydrogens is 230 g/mol. The van der Waals surface area contributed by atoms with Gasteiger partial charge in [0.1, 0.15) is 0 Å². The zero-order chi connectivity index (χ0) is 12.0. The Morgan fingerprint density at radius 3 is 2.62 bits per heavy atom. The van der Waals surface area contributed by atoms with Crippen LogP contribution < -0.4 is 0 Å². The fourth-order valence-electron chi connectivity index (χ4n) is 1.44. The van der Waals surface area contributed by atoms with Crippen LogP contribution in [0.4, 0.5) is 0 Å². The van der Waals surface area contributed by atoms with E-state index in [9.17, 15) is 9.59 Å². The zero-order valence-corrected chi connectivity index (χ0v) is 10.2. The van der Waals surface area contributed by atoms with E-state index in [-0.39, 0.29) is 17.6 Å². The molecule has 16 heavy (non-hydrogen) atoms. The monoisotopic (exact) mass is 247 g/mol. The number of thioether (sulfide) groups is 1. The number of hydrogen-bond donors (Lipinski definition) is 1. The molecule has 1 N–H and O–H groups in total. The molecule has 6 heteroatoms. The predicted molar refractivity (Wildman–Crippen MR) is 61.6 cm³/mol. The third kappa shape index (κ3) is 4.40. The highest BCUT2D eigenvalue weighted by Crippen LogP contribution is 2.15. The van der Waals surface area contributed by atoms with E-state index in [0.29, 0.717) is 32.1 Å². The van der Waals surface area contributed by atoms with E-state index < -0.39 is 5.97 Å². The molecule has 5 nitrogen and oxygen atoms in total. The standard InChI is InChI=1S/C10H17NO4S/c1-8(16-7-2-9(12)13)10(14)11-3-5-15-6-4-11/h8H,2-7H2,1H3,(H,12,13). The van der Waals surface area contributed by atoms with Gasteiger partial charge in [-0.1, -0.05) is 0 Å². The van der Waals surface area contributed by atoms with E-state index in [1.54, 1.807) is 4.90 Å². The van der Waals surface area contributed by atoms with Gasteiger partial charge in [0, 0.05) is 18.8 Å². The van der Waals surface area contributed by atoms with Crippen LogP contribution in [0.15, 0.2) is 0 Å². The number of carboxylic acids is 1. The van der Waals surface area contributed by atoms with Crippen molar-refractivity contribution in [1.29, 1.82) is 0 Å². The van der Waals surface area contributed by atoms with Gasteiger partial charge in [0.05, 0.1) is 24.9 Å². The highest BCUT2D eigenvalue weighted by atomic mass is 32.2. The van der Waals surface area contributed by atoms with E-state index in [2.05, 4.69) is 0 Å². The summed E-state index contributed by atoms with van der Waals surface area (Å²) in [6.07, 6.45) is 0.103. The van der Waals surface area contributed by atoms with Gasteiger partial charge in [-0.15, -0.1) is 11.8 Å². The molecule has 1 amide bonds. The van der Waals surface area contributed by atoms with E-state index in [4.69, 9.17) is 9.84 Å². The molecule has 0 bridgehead atoms. The van der Waals surface area contributed by atoms with Gasteiger partial charge in [0.15, 0.2) is 0 Å². The maximum absolute atomic E-state index is 11.9. The van der Waals surface area contributed by atoms with Crippen LogP contribution >= 0.6 is 11.8 Å². The summed E-state index contributed by atoms with van der Waals surface area (Å²) >= 11 is 1.39. The molecule has 1 unspecified atom stereocenters. The van der Waals surface area contributed by atoms with Crippen LogP contribution in [-0.4, -0.2) is 59.2 Å². The summed E-state index contributed by atoms with van der Waals surface area (Å²) in [5.74, 6) is -0.260. The van der Waals surface area contributed by atoms with Gasteiger partial charge in [0.25, 0.3) is 0 Å². The van der Waals surface area contributed by atoms with Gasteiger partial charge >= 0.3 is 5.97 Å². The predicted octanol–water partition coefficient (Wildman–Crippen LogP) is 0.442. The topological polar surface area (TPSA) is 66.8 Å². The summed E-state index contributed by atoms with van der Waals surface area (Å²) < 4.78 is 5.16. The van der Waals surface area contributed by atoms with Crippen molar-refractivity contribution in [3.8, 4) is 0 Å². The van der Waals surface area contributed by atoms with Gasteiger partial charge < -0.3 is 14.7 Å². The Hall–Kier alpha value is -0.750. The second kappa shape index (κ2) is 6.75. The molecule has 1 atom stereocenters. The summed E-state index contributed by atoms with van der Waals surface area (Å²) in [7, 11) is 0. The lowest BCUT2D eigenvalue weighted by molar-refractivity contribution is -0.136. The number of carbonyl (C=O) groups is 2. The number of aliphatic carboxylic acids is 1. The minimum atomic E-state index is -0.821. The molecule has 1 heterocycles. The fourth-order valence-corrected chi connectivity index (χ4v) is 2.37. The zero-order valence-electron chi connectivity index (χ0n) is 9.35. The van der Waals surface area contributed by atoms with Crippen LogP contribution in [0.1, 0.15) is 13.3 Å². The first-order valence-electron chi connectivity index (χ1n) is 5.31. The minimum Gasteiger partial charge on any atom is -0.481 e. The number of rotatable bonds is 5. The second-order valence-corrected chi connectivity index (χ2v) is 5.04. The maximum atomic E-state index is 11.9. The normalized spacial score (nSPS) is 18.2. The molecule has 0 aliphatic carbocycles. The van der Waals surface area contributed by atoms with Crippen molar-refractivity contribution in [2.45, 2.75) is 18.6 Å². The van der Waals surface area contributed by atoms with Gasteiger partial charge in [-0.05, 0) is 6.92 Å². The third-order valence-electron chi connectivity index (χ3n) is 2.35. The van der Waals surface area contributed by atoms with Crippen LogP contribution in [0.25, 0.3) is 0 Å². The number of ether oxygens (including phenoxy) is 1. The SMILES string of the molecule is CC(SCCC(=O)O)C(=O)N1CCOCC1. The molecule has 0 radical (unpaired) electrons. The molecule has 0 saturated carbocycles. The molecule has 0 aromatic heterocycles. The van der Waals surface area contributed by atoms with Crippen LogP contribution in [0.3, 0.4) is 0 Å². The Balaban J connectivity index is 2.26. The Labute approximate surface area is 99.1 Å². The Morgan fingerprint density at radius 1 is 1.44 bits per heavy atom. The molecule has 1 saturated heterocycles. The summed E-state index contributed by atoms with van der Waals surface area (Å²) in [5, 5.41) is 8.32. The molecular formula is C10H17NO4S. The molecule has 0 aromatic carbocycles. The first-order chi connectivity index (χ1) is 7.61. The first kappa shape index (κ1) is 13.3. The largest absolute Gasteiger partial charge is 0.481 e. The van der Waals surface area contributed by atoms with Crippen molar-refractivity contribution in [3.63, 3.8) is 0 Å². The lowest BCUT2D eigenvalue weighted by Gasteiger charge is -2.29. The average Bonchev–Trinajstić information content (AvgIpc) is 2.28. The summed E-state index contributed by atoms with van der Waals surface area (Å²) in [6, 6.07) is 0. The van der Waals surface area contributed by atoms with Crippen LogP contribution in [0, 0.1) is 0 Å². The van der Waals surface area contributed by atoms with E-state index >= 15 is 0 Å². The Bertz CT molecular complexity index is 253. The maximum Gasteiger partial charge on any atom is 0.304 e. The number of carboxylic acid groups (broad SMARTS) is 1. The molecule has 1 aliphatic rings. The molecule has 0 aromatic rings. The van der Waals surface area contributed by atoms with Gasteiger partial charge in [0.2, 0.25) is 5.91 Å². The van der Waals surface area contributed by atoms with E-state index in [0.717, 1.165) is 0 Å². The second-order valence-electron chi connectivity index (χ2n) is 3.59. The lowest BCUT2D eigenvalue weighted by Crippen LogP contribution is -2.44. The lowest BCUT2D eigenvalue weighted by atomic mass is 10.3. The number of nitrogens with zero attached hydrogens (tertiary/aromatic N) is 1. The average molecular weight is 247 g/mol. The number of hydrogen-bond acceptors (Lipinski definition) is 4.